The van der Waals surface area contributed by atoms with E-state index in [2.05, 4.69) is 20.5 Å². The highest BCUT2D eigenvalue weighted by Gasteiger charge is 2.23. The maximum Gasteiger partial charge on any atom is 0.354 e. The number of hydrogen-bond donors (Lipinski definition) is 3. The molecule has 2 amide bonds. The lowest BCUT2D eigenvalue weighted by atomic mass is 9.91. The number of aromatic nitrogens is 2. The van der Waals surface area contributed by atoms with Gasteiger partial charge in [-0.25, -0.2) is 14.0 Å². The van der Waals surface area contributed by atoms with Gasteiger partial charge in [0.25, 0.3) is 0 Å². The highest BCUT2D eigenvalue weighted by Crippen LogP contribution is 2.23. The molecule has 2 heterocycles. The summed E-state index contributed by atoms with van der Waals surface area (Å²) in [5.41, 5.74) is 6.37. The first-order valence-corrected chi connectivity index (χ1v) is 11.5. The van der Waals surface area contributed by atoms with Gasteiger partial charge in [0, 0.05) is 56.6 Å². The van der Waals surface area contributed by atoms with Crippen LogP contribution in [0, 0.1) is 5.82 Å². The second-order valence-electron chi connectivity index (χ2n) is 8.89. The van der Waals surface area contributed by atoms with Crippen LogP contribution in [0.4, 0.5) is 15.0 Å². The number of nitrogens with zero attached hydrogens (tertiary/aromatic N) is 4. The fourth-order valence-corrected chi connectivity index (χ4v) is 4.48. The molecule has 0 bridgehead atoms. The van der Waals surface area contributed by atoms with E-state index in [1.54, 1.807) is 17.0 Å². The molecular formula is C23H32FN7O2. The molecule has 1 aromatic carbocycles. The second-order valence-corrected chi connectivity index (χ2v) is 8.89. The number of carbonyl (C=O) groups is 1. The summed E-state index contributed by atoms with van der Waals surface area (Å²) in [6.45, 7) is 3.15. The lowest BCUT2D eigenvalue weighted by Crippen LogP contribution is -2.48. The first-order chi connectivity index (χ1) is 15.9. The van der Waals surface area contributed by atoms with Crippen molar-refractivity contribution in [3.63, 3.8) is 0 Å². The normalized spacial score (nSPS) is 21.3. The van der Waals surface area contributed by atoms with E-state index in [9.17, 15) is 14.0 Å². The zero-order chi connectivity index (χ0) is 23.4. The number of halogens is 1. The van der Waals surface area contributed by atoms with Gasteiger partial charge in [-0.15, -0.1) is 0 Å². The molecule has 2 fully saturated rings. The minimum atomic E-state index is -0.587. The van der Waals surface area contributed by atoms with Gasteiger partial charge in [0.05, 0.1) is 5.69 Å². The fraction of sp³-hybridized carbons (Fsp3) is 0.522. The Hall–Kier alpha value is -2.82. The number of piperazine rings is 1. The van der Waals surface area contributed by atoms with Gasteiger partial charge in [0.2, 0.25) is 0 Å². The predicted octanol–water partition coefficient (Wildman–Crippen LogP) is 1.51. The minimum Gasteiger partial charge on any atom is -0.328 e. The number of nitrogens with two attached hydrogens (primary N) is 1. The summed E-state index contributed by atoms with van der Waals surface area (Å²) in [7, 11) is 2.01. The Morgan fingerprint density at radius 2 is 1.97 bits per heavy atom. The van der Waals surface area contributed by atoms with Crippen molar-refractivity contribution < 1.29 is 9.18 Å². The molecule has 1 aromatic heterocycles. The quantitative estimate of drug-likeness (QED) is 0.628. The summed E-state index contributed by atoms with van der Waals surface area (Å²) < 4.78 is 16.1. The average Bonchev–Trinajstić information content (AvgIpc) is 2.81. The Balaban J connectivity index is 1.41. The van der Waals surface area contributed by atoms with E-state index in [1.807, 2.05) is 7.05 Å². The van der Waals surface area contributed by atoms with Gasteiger partial charge in [-0.1, -0.05) is 6.07 Å². The summed E-state index contributed by atoms with van der Waals surface area (Å²) in [6.07, 6.45) is 5.54. The van der Waals surface area contributed by atoms with E-state index in [0.29, 0.717) is 36.9 Å². The van der Waals surface area contributed by atoms with Crippen molar-refractivity contribution in [1.82, 2.24) is 24.7 Å². The van der Waals surface area contributed by atoms with E-state index in [-0.39, 0.29) is 23.7 Å². The molecule has 1 aliphatic heterocycles. The van der Waals surface area contributed by atoms with E-state index in [1.165, 1.54) is 22.9 Å². The third kappa shape index (κ3) is 5.76. The lowest BCUT2D eigenvalue weighted by molar-refractivity contribution is 0.174. The van der Waals surface area contributed by atoms with Crippen LogP contribution in [0.1, 0.15) is 31.2 Å². The molecule has 1 saturated carbocycles. The van der Waals surface area contributed by atoms with Crippen molar-refractivity contribution in [2.45, 2.75) is 44.3 Å². The van der Waals surface area contributed by atoms with Crippen LogP contribution in [-0.2, 0) is 6.54 Å². The smallest absolute Gasteiger partial charge is 0.328 e. The Morgan fingerprint density at radius 3 is 2.64 bits per heavy atom. The van der Waals surface area contributed by atoms with E-state index in [0.717, 1.165) is 38.8 Å². The molecule has 1 aliphatic carbocycles. The van der Waals surface area contributed by atoms with Crippen LogP contribution in [0.2, 0.25) is 0 Å². The zero-order valence-electron chi connectivity index (χ0n) is 19.0. The molecule has 10 heteroatoms. The molecule has 0 radical (unpaired) electrons. The van der Waals surface area contributed by atoms with Crippen molar-refractivity contribution in [2.75, 3.05) is 38.5 Å². The topological polar surface area (TPSA) is 109 Å². The Labute approximate surface area is 192 Å². The summed E-state index contributed by atoms with van der Waals surface area (Å²) in [4.78, 5) is 32.6. The van der Waals surface area contributed by atoms with Crippen LogP contribution in [0.15, 0.2) is 35.3 Å². The lowest BCUT2D eigenvalue weighted by Gasteiger charge is -2.33. The minimum absolute atomic E-state index is 0.172. The van der Waals surface area contributed by atoms with E-state index >= 15 is 0 Å². The van der Waals surface area contributed by atoms with Crippen LogP contribution >= 0.6 is 0 Å². The first-order valence-electron chi connectivity index (χ1n) is 11.5. The van der Waals surface area contributed by atoms with Gasteiger partial charge in [-0.2, -0.15) is 4.98 Å². The number of anilines is 1. The van der Waals surface area contributed by atoms with Crippen LogP contribution in [0.3, 0.4) is 0 Å². The monoisotopic (exact) mass is 457 g/mol. The average molecular weight is 458 g/mol. The van der Waals surface area contributed by atoms with Crippen molar-refractivity contribution in [2.24, 2.45) is 5.73 Å². The highest BCUT2D eigenvalue weighted by atomic mass is 19.1. The predicted molar refractivity (Wildman–Crippen MR) is 125 cm³/mol. The Kier molecular flexibility index (Phi) is 7.36. The van der Waals surface area contributed by atoms with Gasteiger partial charge < -0.3 is 16.0 Å². The fourth-order valence-electron chi connectivity index (χ4n) is 4.48. The highest BCUT2D eigenvalue weighted by molar-refractivity contribution is 5.88. The molecule has 4 rings (SSSR count). The number of nitrogens with one attached hydrogen (secondary N) is 2. The first kappa shape index (κ1) is 23.3. The molecular weight excluding hydrogens is 425 g/mol. The number of urea groups is 1. The number of benzene rings is 1. The van der Waals surface area contributed by atoms with E-state index in [4.69, 9.17) is 5.73 Å². The Bertz CT molecular complexity index is 1030. The number of amides is 2. The number of rotatable bonds is 5. The molecule has 4 N–H and O–H groups in total. The van der Waals surface area contributed by atoms with Crippen LogP contribution in [0.5, 0.6) is 0 Å². The van der Waals surface area contributed by atoms with Crippen molar-refractivity contribution in [1.29, 1.82) is 0 Å². The SMILES string of the molecule is CN(Cc1ccc(-n2ccc(NC(=O)N3CCNCC3)nc2=O)cc1F)C1CCC(N)CC1. The standard InChI is InChI=1S/C23H32FN7O2/c1-29(18-6-3-17(25)4-7-18)15-16-2-5-19(14-20(16)24)31-11-8-21(28-23(31)33)27-22(32)30-12-9-26-10-13-30/h2,5,8,11,14,17-18,26H,3-4,6-7,9-10,12-13,15,25H2,1H3,(H,27,28,32,33). The molecule has 0 unspecified atom stereocenters. The molecule has 0 spiro atoms. The third-order valence-corrected chi connectivity index (χ3v) is 6.54. The molecule has 2 aromatic rings. The zero-order valence-corrected chi connectivity index (χ0v) is 19.0. The van der Waals surface area contributed by atoms with Gasteiger partial charge in [0.15, 0.2) is 0 Å². The van der Waals surface area contributed by atoms with Gasteiger partial charge >= 0.3 is 11.7 Å². The molecule has 33 heavy (non-hydrogen) atoms. The molecule has 178 valence electrons. The summed E-state index contributed by atoms with van der Waals surface area (Å²) in [5.74, 6) is -0.194. The molecule has 2 aliphatic rings. The largest absolute Gasteiger partial charge is 0.354 e. The molecule has 1 saturated heterocycles. The van der Waals surface area contributed by atoms with Gasteiger partial charge in [-0.3, -0.25) is 14.8 Å². The second kappa shape index (κ2) is 10.4. The third-order valence-electron chi connectivity index (χ3n) is 6.54. The van der Waals surface area contributed by atoms with Crippen molar-refractivity contribution in [3.05, 3.63) is 52.3 Å². The molecule has 0 atom stereocenters. The maximum atomic E-state index is 14.9. The Morgan fingerprint density at radius 1 is 1.24 bits per heavy atom. The summed E-state index contributed by atoms with van der Waals surface area (Å²) in [6, 6.07) is 6.70. The van der Waals surface area contributed by atoms with Crippen molar-refractivity contribution in [3.8, 4) is 5.69 Å². The summed E-state index contributed by atoms with van der Waals surface area (Å²) in [5, 5.41) is 5.83. The van der Waals surface area contributed by atoms with Crippen LogP contribution in [-0.4, -0.2) is 70.7 Å². The number of carbonyl (C=O) groups excluding carboxylic acids is 1. The maximum absolute atomic E-state index is 14.9. The number of hydrogen-bond acceptors (Lipinski definition) is 6. The molecule has 9 nitrogen and oxygen atoms in total. The van der Waals surface area contributed by atoms with Gasteiger partial charge in [-0.05, 0) is 50.9 Å². The van der Waals surface area contributed by atoms with Crippen LogP contribution in [0.25, 0.3) is 5.69 Å². The van der Waals surface area contributed by atoms with E-state index < -0.39 is 5.69 Å². The summed E-state index contributed by atoms with van der Waals surface area (Å²) >= 11 is 0. The van der Waals surface area contributed by atoms with Crippen LogP contribution < -0.4 is 22.1 Å². The van der Waals surface area contributed by atoms with Crippen molar-refractivity contribution >= 4 is 11.8 Å². The van der Waals surface area contributed by atoms with Gasteiger partial charge in [0.1, 0.15) is 11.6 Å².